The molecule has 1 N–H and O–H groups in total. The first kappa shape index (κ1) is 18.1. The van der Waals surface area contributed by atoms with Crippen molar-refractivity contribution in [2.24, 2.45) is 10.2 Å². The highest BCUT2D eigenvalue weighted by Gasteiger charge is 2.39. The predicted molar refractivity (Wildman–Crippen MR) is 70.0 cm³/mol. The number of benzene rings is 1. The summed E-state index contributed by atoms with van der Waals surface area (Å²) in [7, 11) is 0. The molecule has 11 heteroatoms. The highest BCUT2D eigenvalue weighted by atomic mass is 19.4. The Hall–Kier alpha value is -2.98. The Morgan fingerprint density at radius 1 is 1.43 bits per heavy atom. The molecule has 23 heavy (non-hydrogen) atoms. The maximum Gasteiger partial charge on any atom is 0.451 e. The van der Waals surface area contributed by atoms with Gasteiger partial charge in [0.05, 0.1) is 17.2 Å². The molecule has 0 saturated heterocycles. The number of nitrogens with zero attached hydrogens (tertiary/aromatic N) is 3. The van der Waals surface area contributed by atoms with E-state index in [0.717, 1.165) is 12.1 Å². The number of aliphatic hydroxyl groups is 1. The van der Waals surface area contributed by atoms with E-state index in [2.05, 4.69) is 15.0 Å². The number of rotatable bonds is 5. The van der Waals surface area contributed by atoms with Gasteiger partial charge in [0.2, 0.25) is 11.5 Å². The van der Waals surface area contributed by atoms with Crippen molar-refractivity contribution in [3.63, 3.8) is 0 Å². The minimum atomic E-state index is -5.23. The molecule has 1 aromatic rings. The summed E-state index contributed by atoms with van der Waals surface area (Å²) in [6.45, 7) is 1.09. The largest absolute Gasteiger partial charge is 0.502 e. The van der Waals surface area contributed by atoms with Crippen LogP contribution in [-0.4, -0.2) is 28.8 Å². The van der Waals surface area contributed by atoms with Gasteiger partial charge >= 0.3 is 12.1 Å². The second kappa shape index (κ2) is 7.33. The van der Waals surface area contributed by atoms with Crippen LogP contribution >= 0.6 is 0 Å². The molecule has 8 nitrogen and oxygen atoms in total. The summed E-state index contributed by atoms with van der Waals surface area (Å²) >= 11 is 0. The molecule has 0 aliphatic carbocycles. The van der Waals surface area contributed by atoms with Crippen LogP contribution in [0.5, 0.6) is 0 Å². The molecule has 0 spiro atoms. The van der Waals surface area contributed by atoms with Gasteiger partial charge in [0.25, 0.3) is 5.69 Å². The van der Waals surface area contributed by atoms with Gasteiger partial charge in [-0.3, -0.25) is 10.1 Å². The Labute approximate surface area is 127 Å². The molecule has 0 fully saturated rings. The van der Waals surface area contributed by atoms with Crippen LogP contribution in [0.2, 0.25) is 0 Å². The second-order valence-electron chi connectivity index (χ2n) is 3.89. The first-order valence-electron chi connectivity index (χ1n) is 6.00. The molecule has 1 aromatic carbocycles. The SMILES string of the molecule is CCOC(=O)/C(N=Nc1cccc([N+](=O)[O-])c1)=C(/O)C(F)(F)F. The Morgan fingerprint density at radius 3 is 2.61 bits per heavy atom. The lowest BCUT2D eigenvalue weighted by molar-refractivity contribution is -0.384. The predicted octanol–water partition coefficient (Wildman–Crippen LogP) is 3.57. The van der Waals surface area contributed by atoms with Crippen molar-refractivity contribution in [3.05, 3.63) is 45.8 Å². The fourth-order valence-corrected chi connectivity index (χ4v) is 1.30. The van der Waals surface area contributed by atoms with E-state index in [1.54, 1.807) is 0 Å². The lowest BCUT2D eigenvalue weighted by Gasteiger charge is -2.08. The number of carbonyl (C=O) groups excluding carboxylic acids is 1. The summed E-state index contributed by atoms with van der Waals surface area (Å²) < 4.78 is 41.8. The number of hydrogen-bond acceptors (Lipinski definition) is 7. The zero-order valence-corrected chi connectivity index (χ0v) is 11.6. The maximum atomic E-state index is 12.5. The molecule has 0 aromatic heterocycles. The van der Waals surface area contributed by atoms with Crippen LogP contribution in [-0.2, 0) is 9.53 Å². The summed E-state index contributed by atoms with van der Waals surface area (Å²) in [5.41, 5.74) is -2.01. The van der Waals surface area contributed by atoms with E-state index >= 15 is 0 Å². The number of aliphatic hydroxyl groups excluding tert-OH is 1. The third-order valence-corrected chi connectivity index (χ3v) is 2.27. The summed E-state index contributed by atoms with van der Waals surface area (Å²) in [6, 6.07) is 4.50. The summed E-state index contributed by atoms with van der Waals surface area (Å²) in [5.74, 6) is -3.80. The van der Waals surface area contributed by atoms with E-state index in [1.165, 1.54) is 19.1 Å². The lowest BCUT2D eigenvalue weighted by atomic mass is 10.3. The number of ether oxygens (including phenoxy) is 1. The van der Waals surface area contributed by atoms with Crippen LogP contribution < -0.4 is 0 Å². The van der Waals surface area contributed by atoms with Gasteiger partial charge in [-0.2, -0.15) is 13.2 Å². The van der Waals surface area contributed by atoms with Crippen molar-refractivity contribution in [1.29, 1.82) is 0 Å². The molecule has 124 valence electrons. The highest BCUT2D eigenvalue weighted by molar-refractivity contribution is 5.88. The van der Waals surface area contributed by atoms with Gasteiger partial charge < -0.3 is 9.84 Å². The molecule has 0 amide bonds. The van der Waals surface area contributed by atoms with Crippen LogP contribution in [0.15, 0.2) is 46.0 Å². The average molecular weight is 333 g/mol. The number of hydrogen-bond donors (Lipinski definition) is 1. The molecule has 0 bridgehead atoms. The van der Waals surface area contributed by atoms with Gasteiger partial charge in [-0.1, -0.05) is 6.07 Å². The first-order chi connectivity index (χ1) is 10.7. The highest BCUT2D eigenvalue weighted by Crippen LogP contribution is 2.28. The molecule has 0 saturated carbocycles. The minimum absolute atomic E-state index is 0.184. The number of allylic oxidation sites excluding steroid dienone is 1. The smallest absolute Gasteiger partial charge is 0.451 e. The van der Waals surface area contributed by atoms with E-state index in [0.29, 0.717) is 0 Å². The Balaban J connectivity index is 3.23. The standard InChI is InChI=1S/C12H10F3N3O5/c1-2-23-11(20)9(10(19)12(13,14)15)17-16-7-4-3-5-8(6-7)18(21)22/h3-6,19H,2H2,1H3/b10-9-,17-16?. The quantitative estimate of drug-likeness (QED) is 0.221. The molecule has 0 atom stereocenters. The van der Waals surface area contributed by atoms with Gasteiger partial charge in [-0.15, -0.1) is 10.2 Å². The van der Waals surface area contributed by atoms with Gasteiger partial charge in [-0.05, 0) is 13.0 Å². The third kappa shape index (κ3) is 5.05. The average Bonchev–Trinajstić information content (AvgIpc) is 2.46. The van der Waals surface area contributed by atoms with E-state index in [4.69, 9.17) is 5.11 Å². The zero-order valence-electron chi connectivity index (χ0n) is 11.6. The molecule has 0 radical (unpaired) electrons. The summed E-state index contributed by atoms with van der Waals surface area (Å²) in [5, 5.41) is 25.9. The van der Waals surface area contributed by atoms with Gasteiger partial charge in [-0.25, -0.2) is 4.79 Å². The molecule has 1 rings (SSSR count). The normalized spacial score (nSPS) is 12.9. The van der Waals surface area contributed by atoms with Crippen molar-refractivity contribution in [1.82, 2.24) is 0 Å². The molecule has 0 aliphatic heterocycles. The minimum Gasteiger partial charge on any atom is -0.502 e. The second-order valence-corrected chi connectivity index (χ2v) is 3.89. The maximum absolute atomic E-state index is 12.5. The van der Waals surface area contributed by atoms with Gasteiger partial charge in [0, 0.05) is 12.1 Å². The van der Waals surface area contributed by atoms with Crippen LogP contribution in [0.25, 0.3) is 0 Å². The number of carbonyl (C=O) groups is 1. The number of azo groups is 1. The fraction of sp³-hybridized carbons (Fsp3) is 0.250. The fourth-order valence-electron chi connectivity index (χ4n) is 1.30. The number of nitro benzene ring substituents is 1. The summed E-state index contributed by atoms with van der Waals surface area (Å²) in [4.78, 5) is 21.3. The van der Waals surface area contributed by atoms with Crippen molar-refractivity contribution >= 4 is 17.3 Å². The molecular weight excluding hydrogens is 323 g/mol. The van der Waals surface area contributed by atoms with Crippen LogP contribution in [0.3, 0.4) is 0 Å². The van der Waals surface area contributed by atoms with Crippen LogP contribution in [0.1, 0.15) is 6.92 Å². The van der Waals surface area contributed by atoms with E-state index in [-0.39, 0.29) is 18.0 Å². The number of non-ortho nitro benzene ring substituents is 1. The van der Waals surface area contributed by atoms with E-state index in [1.807, 2.05) is 0 Å². The topological polar surface area (TPSA) is 114 Å². The Kier molecular flexibility index (Phi) is 5.76. The number of alkyl halides is 3. The van der Waals surface area contributed by atoms with E-state index in [9.17, 15) is 28.1 Å². The monoisotopic (exact) mass is 333 g/mol. The molecule has 0 unspecified atom stereocenters. The lowest BCUT2D eigenvalue weighted by Crippen LogP contribution is -2.18. The van der Waals surface area contributed by atoms with Crippen LogP contribution in [0.4, 0.5) is 24.5 Å². The van der Waals surface area contributed by atoms with Crippen molar-refractivity contribution in [2.45, 2.75) is 13.1 Å². The number of halogens is 3. The van der Waals surface area contributed by atoms with Crippen molar-refractivity contribution in [2.75, 3.05) is 6.61 Å². The Bertz CT molecular complexity index is 670. The van der Waals surface area contributed by atoms with Gasteiger partial charge in [0.1, 0.15) is 0 Å². The third-order valence-electron chi connectivity index (χ3n) is 2.27. The zero-order chi connectivity index (χ0) is 17.6. The summed E-state index contributed by atoms with van der Waals surface area (Å²) in [6.07, 6.45) is -5.23. The number of esters is 1. The molecule has 0 aliphatic rings. The first-order valence-corrected chi connectivity index (χ1v) is 6.00. The van der Waals surface area contributed by atoms with E-state index < -0.39 is 28.5 Å². The van der Waals surface area contributed by atoms with Crippen molar-refractivity contribution < 1.29 is 32.7 Å². The Morgan fingerprint density at radius 2 is 2.09 bits per heavy atom. The number of nitro groups is 1. The molecular formula is C12H10F3N3O5. The molecule has 0 heterocycles. The van der Waals surface area contributed by atoms with Crippen molar-refractivity contribution in [3.8, 4) is 0 Å². The van der Waals surface area contributed by atoms with Crippen LogP contribution in [0, 0.1) is 10.1 Å². The van der Waals surface area contributed by atoms with Gasteiger partial charge in [0.15, 0.2) is 0 Å².